The maximum atomic E-state index is 11.4. The van der Waals surface area contributed by atoms with Crippen molar-refractivity contribution < 1.29 is 69.5 Å². The summed E-state index contributed by atoms with van der Waals surface area (Å²) in [6.45, 7) is 4.28. The zero-order chi connectivity index (χ0) is 21.1. The molecule has 0 aliphatic heterocycles. The van der Waals surface area contributed by atoms with Crippen molar-refractivity contribution in [2.75, 3.05) is 0 Å². The molecule has 0 bridgehead atoms. The van der Waals surface area contributed by atoms with Gasteiger partial charge in [-0.15, -0.1) is 0 Å². The molecule has 2 unspecified atom stereocenters. The van der Waals surface area contributed by atoms with E-state index in [0.717, 1.165) is 77.0 Å². The Balaban J connectivity index is 0. The quantitative estimate of drug-likeness (QED) is 0.162. The summed E-state index contributed by atoms with van der Waals surface area (Å²) < 4.78 is 34.2. The largest absolute Gasteiger partial charge is 1.00 e. The summed E-state index contributed by atoms with van der Waals surface area (Å²) in [4.78, 5) is 0. The van der Waals surface area contributed by atoms with Gasteiger partial charge in [-0.1, -0.05) is 110 Å². The van der Waals surface area contributed by atoms with E-state index in [9.17, 15) is 18.1 Å². The van der Waals surface area contributed by atoms with Crippen molar-refractivity contribution in [3.05, 3.63) is 0 Å². The first-order valence-electron chi connectivity index (χ1n) is 12.0. The van der Waals surface area contributed by atoms with Gasteiger partial charge in [0.15, 0.2) is 0 Å². The third kappa shape index (κ3) is 22.5. The van der Waals surface area contributed by atoms with Crippen LogP contribution in [-0.4, -0.2) is 29.4 Å². The van der Waals surface area contributed by atoms with E-state index < -0.39 is 15.4 Å². The molecular formula is C23H47KO4S. The molecule has 0 radical (unpaired) electrons. The van der Waals surface area contributed by atoms with E-state index in [0.29, 0.717) is 12.8 Å². The van der Waals surface area contributed by atoms with Crippen molar-refractivity contribution in [2.45, 2.75) is 147 Å². The Morgan fingerprint density at radius 3 is 1.38 bits per heavy atom. The van der Waals surface area contributed by atoms with E-state index in [-0.39, 0.29) is 57.5 Å². The molecule has 0 amide bonds. The van der Waals surface area contributed by atoms with Crippen molar-refractivity contribution >= 4 is 10.1 Å². The fraction of sp³-hybridized carbons (Fsp3) is 1.00. The van der Waals surface area contributed by atoms with Crippen LogP contribution in [0.2, 0.25) is 0 Å². The minimum Gasteiger partial charge on any atom is -0.748 e. The summed E-state index contributed by atoms with van der Waals surface area (Å²) >= 11 is 0. The first-order valence-corrected chi connectivity index (χ1v) is 13.5. The Hall–Kier alpha value is 1.51. The second-order valence-electron chi connectivity index (χ2n) is 8.52. The van der Waals surface area contributed by atoms with E-state index in [1.807, 2.05) is 0 Å². The number of rotatable bonds is 21. The van der Waals surface area contributed by atoms with E-state index in [2.05, 4.69) is 13.8 Å². The first-order chi connectivity index (χ1) is 13.4. The summed E-state index contributed by atoms with van der Waals surface area (Å²) in [5, 5.41) is 9.14. The van der Waals surface area contributed by atoms with Crippen molar-refractivity contribution in [3.63, 3.8) is 0 Å². The monoisotopic (exact) mass is 458 g/mol. The molecule has 0 spiro atoms. The van der Waals surface area contributed by atoms with Crippen molar-refractivity contribution in [1.29, 1.82) is 0 Å². The van der Waals surface area contributed by atoms with Crippen LogP contribution in [0.3, 0.4) is 0 Å². The smallest absolute Gasteiger partial charge is 0.748 e. The third-order valence-corrected chi connectivity index (χ3v) is 7.03. The molecule has 0 rings (SSSR count). The van der Waals surface area contributed by atoms with Gasteiger partial charge in [0.25, 0.3) is 0 Å². The van der Waals surface area contributed by atoms with Gasteiger partial charge in [0, 0.05) is 5.25 Å². The Morgan fingerprint density at radius 2 is 0.966 bits per heavy atom. The topological polar surface area (TPSA) is 77.4 Å². The maximum absolute atomic E-state index is 11.4. The average Bonchev–Trinajstić information content (AvgIpc) is 2.64. The Labute approximate surface area is 224 Å². The summed E-state index contributed by atoms with van der Waals surface area (Å²) in [5.41, 5.74) is 0. The number of aliphatic hydroxyl groups is 1. The zero-order valence-electron chi connectivity index (χ0n) is 19.7. The van der Waals surface area contributed by atoms with Gasteiger partial charge in [0.2, 0.25) is 0 Å². The summed E-state index contributed by atoms with van der Waals surface area (Å²) in [6, 6.07) is 0. The van der Waals surface area contributed by atoms with Crippen LogP contribution in [0.1, 0.15) is 136 Å². The molecule has 0 aliphatic rings. The molecule has 4 nitrogen and oxygen atoms in total. The average molecular weight is 459 g/mol. The molecule has 6 heteroatoms. The van der Waals surface area contributed by atoms with Crippen molar-refractivity contribution in [1.82, 2.24) is 0 Å². The van der Waals surface area contributed by atoms with E-state index in [1.165, 1.54) is 32.1 Å². The number of unbranched alkanes of at least 4 members (excludes halogenated alkanes) is 12. The minimum atomic E-state index is -4.14. The van der Waals surface area contributed by atoms with Crippen LogP contribution >= 0.6 is 0 Å². The van der Waals surface area contributed by atoms with Gasteiger partial charge in [0.1, 0.15) is 0 Å². The van der Waals surface area contributed by atoms with E-state index >= 15 is 0 Å². The molecule has 2 atom stereocenters. The van der Waals surface area contributed by atoms with Crippen LogP contribution in [-0.2, 0) is 10.1 Å². The van der Waals surface area contributed by atoms with Crippen LogP contribution in [0.4, 0.5) is 0 Å². The van der Waals surface area contributed by atoms with Crippen LogP contribution < -0.4 is 51.4 Å². The molecule has 29 heavy (non-hydrogen) atoms. The van der Waals surface area contributed by atoms with Crippen LogP contribution in [0.25, 0.3) is 0 Å². The molecule has 0 saturated heterocycles. The van der Waals surface area contributed by atoms with Crippen LogP contribution in [0.5, 0.6) is 0 Å². The van der Waals surface area contributed by atoms with Gasteiger partial charge in [-0.05, 0) is 25.7 Å². The van der Waals surface area contributed by atoms with E-state index in [1.54, 1.807) is 0 Å². The summed E-state index contributed by atoms with van der Waals surface area (Å²) in [6.07, 6.45) is 19.6. The van der Waals surface area contributed by atoms with Crippen LogP contribution in [0, 0.1) is 0 Å². The number of hydrogen-bond acceptors (Lipinski definition) is 4. The zero-order valence-corrected chi connectivity index (χ0v) is 23.6. The third-order valence-electron chi connectivity index (χ3n) is 5.74. The fourth-order valence-electron chi connectivity index (χ4n) is 3.81. The van der Waals surface area contributed by atoms with Crippen LogP contribution in [0.15, 0.2) is 0 Å². The Kier molecular flexibility index (Phi) is 25.6. The molecule has 0 aliphatic carbocycles. The first kappa shape index (κ1) is 32.7. The molecule has 0 aromatic heterocycles. The second-order valence-corrected chi connectivity index (χ2v) is 10.2. The molecule has 170 valence electrons. The number of hydrogen-bond donors (Lipinski definition) is 1. The summed E-state index contributed by atoms with van der Waals surface area (Å²) in [7, 11) is -4.14. The molecular weight excluding hydrogens is 411 g/mol. The van der Waals surface area contributed by atoms with Gasteiger partial charge in [-0.25, -0.2) is 8.42 Å². The predicted octanol–water partition coefficient (Wildman–Crippen LogP) is 3.72. The van der Waals surface area contributed by atoms with Gasteiger partial charge in [-0.3, -0.25) is 0 Å². The van der Waals surface area contributed by atoms with Crippen molar-refractivity contribution in [2.24, 2.45) is 0 Å². The standard InChI is InChI=1S/C23H48O4S.K/c1-3-5-7-16-20-23(28(25,26)27)21-17-14-12-10-8-9-11-13-15-19-22(24)18-6-4-2;/h22-24H,3-21H2,1-2H3,(H,25,26,27);/q;+1/p-1. The predicted molar refractivity (Wildman–Crippen MR) is 119 cm³/mol. The summed E-state index contributed by atoms with van der Waals surface area (Å²) in [5.74, 6) is 0. The Bertz CT molecular complexity index is 429. The molecule has 0 heterocycles. The minimum absolute atomic E-state index is 0. The van der Waals surface area contributed by atoms with Gasteiger partial charge >= 0.3 is 51.4 Å². The fourth-order valence-corrected chi connectivity index (χ4v) is 4.72. The Morgan fingerprint density at radius 1 is 0.621 bits per heavy atom. The maximum Gasteiger partial charge on any atom is 1.00 e. The molecule has 0 saturated carbocycles. The normalized spacial score (nSPS) is 13.8. The van der Waals surface area contributed by atoms with Crippen molar-refractivity contribution in [3.8, 4) is 0 Å². The SMILES string of the molecule is CCCCCCC(CCCCCCCCCCCC(O)CCCC)S(=O)(=O)[O-].[K+]. The van der Waals surface area contributed by atoms with Gasteiger partial charge in [-0.2, -0.15) is 0 Å². The second kappa shape index (κ2) is 22.7. The molecule has 1 N–H and O–H groups in total. The molecule has 0 aromatic carbocycles. The van der Waals surface area contributed by atoms with Gasteiger partial charge in [0.05, 0.1) is 16.2 Å². The van der Waals surface area contributed by atoms with E-state index in [4.69, 9.17) is 0 Å². The molecule has 0 fully saturated rings. The molecule has 0 aromatic rings. The number of aliphatic hydroxyl groups excluding tert-OH is 1. The van der Waals surface area contributed by atoms with Gasteiger partial charge < -0.3 is 9.66 Å².